The third kappa shape index (κ3) is 2.45. The van der Waals surface area contributed by atoms with Gasteiger partial charge in [0.15, 0.2) is 0 Å². The highest BCUT2D eigenvalue weighted by Gasteiger charge is 2.20. The molecule has 4 nitrogen and oxygen atoms in total. The summed E-state index contributed by atoms with van der Waals surface area (Å²) in [6.07, 6.45) is 0. The van der Waals surface area contributed by atoms with Crippen molar-refractivity contribution in [3.63, 3.8) is 0 Å². The van der Waals surface area contributed by atoms with Crippen molar-refractivity contribution in [1.29, 1.82) is 0 Å². The summed E-state index contributed by atoms with van der Waals surface area (Å²) in [5, 5.41) is 4.67. The van der Waals surface area contributed by atoms with Crippen molar-refractivity contribution in [3.05, 3.63) is 53.6 Å². The molecule has 0 fully saturated rings. The number of ether oxygens (including phenoxy) is 1. The highest BCUT2D eigenvalue weighted by atomic mass is 35.5. The SMILES string of the molecule is COc1cc(Cl)ccc1-c1noc(N)c1-c1ccccc1. The van der Waals surface area contributed by atoms with E-state index in [1.165, 1.54) is 0 Å². The predicted octanol–water partition coefficient (Wildman–Crippen LogP) is 4.25. The molecule has 0 aliphatic heterocycles. The third-order valence-electron chi connectivity index (χ3n) is 3.20. The Hall–Kier alpha value is -2.46. The molecule has 0 unspecified atom stereocenters. The van der Waals surface area contributed by atoms with Crippen molar-refractivity contribution in [2.45, 2.75) is 0 Å². The molecule has 1 heterocycles. The summed E-state index contributed by atoms with van der Waals surface area (Å²) in [4.78, 5) is 0. The number of nitrogen functional groups attached to an aromatic ring is 1. The lowest BCUT2D eigenvalue weighted by atomic mass is 10.0. The smallest absolute Gasteiger partial charge is 0.230 e. The van der Waals surface area contributed by atoms with Crippen LogP contribution in [0.5, 0.6) is 5.75 Å². The first-order valence-corrected chi connectivity index (χ1v) is 6.73. The predicted molar refractivity (Wildman–Crippen MR) is 83.3 cm³/mol. The van der Waals surface area contributed by atoms with Gasteiger partial charge in [-0.25, -0.2) is 0 Å². The lowest BCUT2D eigenvalue weighted by molar-refractivity contribution is 0.414. The first-order valence-electron chi connectivity index (χ1n) is 6.35. The molecule has 2 N–H and O–H groups in total. The number of nitrogens with two attached hydrogens (primary N) is 1. The normalized spacial score (nSPS) is 10.6. The van der Waals surface area contributed by atoms with E-state index in [-0.39, 0.29) is 5.88 Å². The summed E-state index contributed by atoms with van der Waals surface area (Å²) < 4.78 is 10.5. The molecular weight excluding hydrogens is 288 g/mol. The van der Waals surface area contributed by atoms with E-state index in [2.05, 4.69) is 5.16 Å². The summed E-state index contributed by atoms with van der Waals surface area (Å²) in [7, 11) is 1.58. The van der Waals surface area contributed by atoms with Crippen molar-refractivity contribution in [2.24, 2.45) is 0 Å². The highest BCUT2D eigenvalue weighted by Crippen LogP contribution is 2.40. The molecule has 5 heteroatoms. The highest BCUT2D eigenvalue weighted by molar-refractivity contribution is 6.30. The first-order chi connectivity index (χ1) is 10.2. The van der Waals surface area contributed by atoms with Crippen molar-refractivity contribution in [1.82, 2.24) is 5.16 Å². The average molecular weight is 301 g/mol. The number of nitrogens with zero attached hydrogens (tertiary/aromatic N) is 1. The number of halogens is 1. The molecule has 0 spiro atoms. The Morgan fingerprint density at radius 1 is 1.14 bits per heavy atom. The van der Waals surface area contributed by atoms with Crippen LogP contribution in [0.25, 0.3) is 22.4 Å². The van der Waals surface area contributed by atoms with E-state index >= 15 is 0 Å². The van der Waals surface area contributed by atoms with Crippen molar-refractivity contribution >= 4 is 17.5 Å². The first kappa shape index (κ1) is 13.5. The molecule has 0 aliphatic carbocycles. The van der Waals surface area contributed by atoms with Crippen molar-refractivity contribution in [2.75, 3.05) is 12.8 Å². The lowest BCUT2D eigenvalue weighted by Gasteiger charge is -2.08. The van der Waals surface area contributed by atoms with Gasteiger partial charge in [-0.15, -0.1) is 0 Å². The van der Waals surface area contributed by atoms with Gasteiger partial charge in [0.25, 0.3) is 0 Å². The summed E-state index contributed by atoms with van der Waals surface area (Å²) in [6, 6.07) is 15.1. The van der Waals surface area contributed by atoms with Gasteiger partial charge >= 0.3 is 0 Å². The average Bonchev–Trinajstić information content (AvgIpc) is 2.89. The van der Waals surface area contributed by atoms with E-state index in [1.807, 2.05) is 36.4 Å². The van der Waals surface area contributed by atoms with Gasteiger partial charge < -0.3 is 15.0 Å². The largest absolute Gasteiger partial charge is 0.496 e. The van der Waals surface area contributed by atoms with Crippen LogP contribution in [-0.2, 0) is 0 Å². The van der Waals surface area contributed by atoms with Crippen molar-refractivity contribution in [3.8, 4) is 28.1 Å². The quantitative estimate of drug-likeness (QED) is 0.785. The van der Waals surface area contributed by atoms with Crippen LogP contribution in [0.1, 0.15) is 0 Å². The van der Waals surface area contributed by atoms with Crippen molar-refractivity contribution < 1.29 is 9.26 Å². The Morgan fingerprint density at radius 3 is 2.62 bits per heavy atom. The number of benzene rings is 2. The minimum atomic E-state index is 0.271. The lowest BCUT2D eigenvalue weighted by Crippen LogP contribution is -1.91. The zero-order valence-corrected chi connectivity index (χ0v) is 12.1. The number of aromatic nitrogens is 1. The topological polar surface area (TPSA) is 61.3 Å². The van der Waals surface area contributed by atoms with E-state index in [0.29, 0.717) is 16.5 Å². The van der Waals surface area contributed by atoms with E-state index in [4.69, 9.17) is 26.6 Å². The van der Waals surface area contributed by atoms with Gasteiger partial charge in [-0.05, 0) is 23.8 Å². The van der Waals surface area contributed by atoms with Gasteiger partial charge in [0, 0.05) is 10.6 Å². The zero-order chi connectivity index (χ0) is 14.8. The van der Waals surface area contributed by atoms with E-state index in [9.17, 15) is 0 Å². The molecule has 106 valence electrons. The summed E-state index contributed by atoms with van der Waals surface area (Å²) in [5.74, 6) is 0.890. The molecule has 0 saturated carbocycles. The standard InChI is InChI=1S/C16H13ClN2O2/c1-20-13-9-11(17)7-8-12(13)15-14(16(18)21-19-15)10-5-3-2-4-6-10/h2-9H,18H2,1H3. The van der Waals surface area contributed by atoms with E-state index < -0.39 is 0 Å². The molecule has 1 aromatic heterocycles. The number of rotatable bonds is 3. The van der Waals surface area contributed by atoms with Gasteiger partial charge in [-0.2, -0.15) is 0 Å². The minimum absolute atomic E-state index is 0.271. The molecule has 0 aliphatic rings. The maximum atomic E-state index is 6.00. The Morgan fingerprint density at radius 2 is 1.90 bits per heavy atom. The van der Waals surface area contributed by atoms with Crippen LogP contribution < -0.4 is 10.5 Å². The Bertz CT molecular complexity index is 769. The fraction of sp³-hybridized carbons (Fsp3) is 0.0625. The second kappa shape index (κ2) is 5.50. The maximum absolute atomic E-state index is 6.00. The van der Waals surface area contributed by atoms with E-state index in [0.717, 1.165) is 16.7 Å². The van der Waals surface area contributed by atoms with Crippen LogP contribution in [0.4, 0.5) is 5.88 Å². The fourth-order valence-corrected chi connectivity index (χ4v) is 2.39. The number of hydrogen-bond donors (Lipinski definition) is 1. The van der Waals surface area contributed by atoms with Gasteiger partial charge in [0.1, 0.15) is 11.4 Å². The number of methoxy groups -OCH3 is 1. The molecule has 3 rings (SSSR count). The second-order valence-corrected chi connectivity index (χ2v) is 4.92. The summed E-state index contributed by atoms with van der Waals surface area (Å²) >= 11 is 6.00. The Balaban J connectivity index is 2.21. The minimum Gasteiger partial charge on any atom is -0.496 e. The molecule has 0 saturated heterocycles. The summed E-state index contributed by atoms with van der Waals surface area (Å²) in [6.45, 7) is 0. The van der Waals surface area contributed by atoms with Crippen LogP contribution in [-0.4, -0.2) is 12.3 Å². The van der Waals surface area contributed by atoms with Gasteiger partial charge in [-0.3, -0.25) is 0 Å². The zero-order valence-electron chi connectivity index (χ0n) is 11.3. The number of hydrogen-bond acceptors (Lipinski definition) is 4. The van der Waals surface area contributed by atoms with E-state index in [1.54, 1.807) is 19.2 Å². The molecule has 0 amide bonds. The van der Waals surface area contributed by atoms with Gasteiger partial charge in [0.05, 0.1) is 12.7 Å². The molecule has 3 aromatic rings. The van der Waals surface area contributed by atoms with Crippen LogP contribution >= 0.6 is 11.6 Å². The van der Waals surface area contributed by atoms with Gasteiger partial charge in [0.2, 0.25) is 5.88 Å². The molecule has 21 heavy (non-hydrogen) atoms. The second-order valence-electron chi connectivity index (χ2n) is 4.48. The molecule has 0 bridgehead atoms. The van der Waals surface area contributed by atoms with Crippen LogP contribution in [0.15, 0.2) is 53.1 Å². The fourth-order valence-electron chi connectivity index (χ4n) is 2.23. The van der Waals surface area contributed by atoms with Crippen LogP contribution in [0.2, 0.25) is 5.02 Å². The molecule has 0 radical (unpaired) electrons. The number of anilines is 1. The third-order valence-corrected chi connectivity index (χ3v) is 3.43. The van der Waals surface area contributed by atoms with Crippen LogP contribution in [0.3, 0.4) is 0 Å². The molecule has 2 aromatic carbocycles. The molecular formula is C16H13ClN2O2. The molecule has 0 atom stereocenters. The Kier molecular flexibility index (Phi) is 3.54. The summed E-state index contributed by atoms with van der Waals surface area (Å²) in [5.41, 5.74) is 9.03. The van der Waals surface area contributed by atoms with Crippen LogP contribution in [0, 0.1) is 0 Å². The Labute approximate surface area is 127 Å². The maximum Gasteiger partial charge on any atom is 0.230 e. The van der Waals surface area contributed by atoms with Gasteiger partial charge in [-0.1, -0.05) is 47.1 Å². The monoisotopic (exact) mass is 300 g/mol.